The van der Waals surface area contributed by atoms with Crippen molar-refractivity contribution in [3.8, 4) is 0 Å². The van der Waals surface area contributed by atoms with Crippen LogP contribution in [0.15, 0.2) is 5.16 Å². The van der Waals surface area contributed by atoms with Gasteiger partial charge in [-0.1, -0.05) is 31.8 Å². The van der Waals surface area contributed by atoms with Crippen LogP contribution in [0.4, 0.5) is 0 Å². The van der Waals surface area contributed by atoms with Gasteiger partial charge in [0.05, 0.1) is 0 Å². The van der Waals surface area contributed by atoms with Crippen LogP contribution in [-0.2, 0) is 4.79 Å². The van der Waals surface area contributed by atoms with E-state index in [0.29, 0.717) is 6.42 Å². The van der Waals surface area contributed by atoms with Crippen molar-refractivity contribution in [2.75, 3.05) is 0 Å². The predicted octanol–water partition coefficient (Wildman–Crippen LogP) is 1.84. The number of unbranched alkanes of at least 4 members (excludes halogenated alkanes) is 1. The summed E-state index contributed by atoms with van der Waals surface area (Å²) < 4.78 is 0. The molecule has 0 rings (SSSR count). The maximum atomic E-state index is 11.9. The first-order chi connectivity index (χ1) is 8.04. The first-order valence-corrected chi connectivity index (χ1v) is 6.31. The third-order valence-electron chi connectivity index (χ3n) is 2.80. The fourth-order valence-electron chi connectivity index (χ4n) is 1.74. The van der Waals surface area contributed by atoms with Crippen LogP contribution in [0.1, 0.15) is 52.9 Å². The Balaban J connectivity index is 4.11. The highest BCUT2D eigenvalue weighted by Crippen LogP contribution is 2.13. The molecule has 0 aromatic carbocycles. The number of amidine groups is 1. The van der Waals surface area contributed by atoms with Crippen molar-refractivity contribution in [3.63, 3.8) is 0 Å². The number of hydrogen-bond acceptors (Lipinski definition) is 3. The molecule has 0 bridgehead atoms. The van der Waals surface area contributed by atoms with Crippen LogP contribution in [0, 0.1) is 5.92 Å². The second-order valence-corrected chi connectivity index (χ2v) is 4.45. The molecule has 17 heavy (non-hydrogen) atoms. The number of nitrogens with one attached hydrogen (secondary N) is 1. The Morgan fingerprint density at radius 3 is 2.59 bits per heavy atom. The van der Waals surface area contributed by atoms with Crippen LogP contribution in [-0.4, -0.2) is 23.0 Å². The molecule has 1 amide bonds. The van der Waals surface area contributed by atoms with E-state index in [9.17, 15) is 4.79 Å². The van der Waals surface area contributed by atoms with Crippen LogP contribution >= 0.6 is 0 Å². The van der Waals surface area contributed by atoms with Gasteiger partial charge in [0.2, 0.25) is 5.91 Å². The summed E-state index contributed by atoms with van der Waals surface area (Å²) in [5, 5.41) is 14.2. The summed E-state index contributed by atoms with van der Waals surface area (Å²) >= 11 is 0. The molecule has 5 nitrogen and oxygen atoms in total. The topological polar surface area (TPSA) is 87.7 Å². The maximum absolute atomic E-state index is 11.9. The van der Waals surface area contributed by atoms with E-state index in [1.807, 2.05) is 13.8 Å². The van der Waals surface area contributed by atoms with Gasteiger partial charge in [-0.15, -0.1) is 0 Å². The lowest BCUT2D eigenvalue weighted by molar-refractivity contribution is -0.125. The normalized spacial score (nSPS) is 15.4. The van der Waals surface area contributed by atoms with Crippen molar-refractivity contribution in [2.45, 2.75) is 58.9 Å². The fraction of sp³-hybridized carbons (Fsp3) is 0.833. The lowest BCUT2D eigenvalue weighted by atomic mass is 9.98. The molecule has 0 spiro atoms. The Labute approximate surface area is 103 Å². The number of carbonyl (C=O) groups is 1. The number of hydrogen-bond donors (Lipinski definition) is 3. The highest BCUT2D eigenvalue weighted by molar-refractivity contribution is 5.82. The molecule has 100 valence electrons. The van der Waals surface area contributed by atoms with Crippen molar-refractivity contribution in [1.82, 2.24) is 5.32 Å². The van der Waals surface area contributed by atoms with Gasteiger partial charge in [0, 0.05) is 18.4 Å². The average molecular weight is 243 g/mol. The minimum absolute atomic E-state index is 0.0687. The van der Waals surface area contributed by atoms with E-state index in [1.165, 1.54) is 0 Å². The lowest BCUT2D eigenvalue weighted by Gasteiger charge is -2.18. The minimum Gasteiger partial charge on any atom is -0.409 e. The van der Waals surface area contributed by atoms with Crippen LogP contribution < -0.4 is 11.1 Å². The minimum atomic E-state index is -0.103. The Morgan fingerprint density at radius 1 is 1.47 bits per heavy atom. The number of nitrogens with zero attached hydrogens (tertiary/aromatic N) is 1. The van der Waals surface area contributed by atoms with Gasteiger partial charge < -0.3 is 16.3 Å². The molecule has 2 unspecified atom stereocenters. The first-order valence-electron chi connectivity index (χ1n) is 6.31. The molecular weight excluding hydrogens is 218 g/mol. The van der Waals surface area contributed by atoms with Crippen molar-refractivity contribution < 1.29 is 10.0 Å². The van der Waals surface area contributed by atoms with Crippen molar-refractivity contribution in [1.29, 1.82) is 0 Å². The molecular formula is C12H25N3O2. The van der Waals surface area contributed by atoms with Crippen molar-refractivity contribution in [3.05, 3.63) is 0 Å². The summed E-state index contributed by atoms with van der Waals surface area (Å²) in [7, 11) is 0. The van der Waals surface area contributed by atoms with E-state index < -0.39 is 0 Å². The van der Waals surface area contributed by atoms with E-state index in [2.05, 4.69) is 17.4 Å². The smallest absolute Gasteiger partial charge is 0.223 e. The molecule has 0 aromatic heterocycles. The van der Waals surface area contributed by atoms with Gasteiger partial charge >= 0.3 is 0 Å². The van der Waals surface area contributed by atoms with Gasteiger partial charge in [0.25, 0.3) is 0 Å². The van der Waals surface area contributed by atoms with Gasteiger partial charge in [-0.25, -0.2) is 0 Å². The van der Waals surface area contributed by atoms with Gasteiger partial charge in [-0.2, -0.15) is 0 Å². The molecule has 0 aliphatic rings. The summed E-state index contributed by atoms with van der Waals surface area (Å²) in [5.74, 6) is 0.281. The Kier molecular flexibility index (Phi) is 8.19. The first kappa shape index (κ1) is 15.7. The van der Waals surface area contributed by atoms with E-state index in [1.54, 1.807) is 0 Å². The van der Waals surface area contributed by atoms with Crippen molar-refractivity contribution >= 4 is 11.7 Å². The molecule has 0 heterocycles. The maximum Gasteiger partial charge on any atom is 0.223 e. The van der Waals surface area contributed by atoms with E-state index in [4.69, 9.17) is 10.9 Å². The quantitative estimate of drug-likeness (QED) is 0.263. The molecule has 0 saturated heterocycles. The van der Waals surface area contributed by atoms with E-state index in [-0.39, 0.29) is 23.7 Å². The molecule has 0 radical (unpaired) electrons. The summed E-state index contributed by atoms with van der Waals surface area (Å²) in [6.45, 7) is 5.99. The predicted molar refractivity (Wildman–Crippen MR) is 68.9 cm³/mol. The molecule has 0 aliphatic heterocycles. The zero-order chi connectivity index (χ0) is 13.3. The van der Waals surface area contributed by atoms with Crippen LogP contribution in [0.5, 0.6) is 0 Å². The zero-order valence-electron chi connectivity index (χ0n) is 11.1. The molecule has 0 saturated carbocycles. The Bertz CT molecular complexity index is 254. The van der Waals surface area contributed by atoms with Gasteiger partial charge in [-0.05, 0) is 19.8 Å². The number of oxime groups is 1. The summed E-state index contributed by atoms with van der Waals surface area (Å²) in [4.78, 5) is 11.9. The fourth-order valence-corrected chi connectivity index (χ4v) is 1.74. The van der Waals surface area contributed by atoms with Crippen molar-refractivity contribution in [2.24, 2.45) is 16.8 Å². The van der Waals surface area contributed by atoms with Crippen LogP contribution in [0.2, 0.25) is 0 Å². The molecule has 0 aromatic rings. The third-order valence-corrected chi connectivity index (χ3v) is 2.80. The molecule has 5 heteroatoms. The lowest BCUT2D eigenvalue weighted by Crippen LogP contribution is -2.39. The van der Waals surface area contributed by atoms with E-state index >= 15 is 0 Å². The summed E-state index contributed by atoms with van der Waals surface area (Å²) in [6, 6.07) is -0.103. The number of amides is 1. The van der Waals surface area contributed by atoms with Gasteiger partial charge in [0.1, 0.15) is 5.84 Å². The number of rotatable bonds is 8. The number of nitrogens with two attached hydrogens (primary N) is 1. The highest BCUT2D eigenvalue weighted by atomic mass is 16.4. The molecule has 0 fully saturated rings. The molecule has 0 aliphatic carbocycles. The Morgan fingerprint density at radius 2 is 2.12 bits per heavy atom. The van der Waals surface area contributed by atoms with Gasteiger partial charge in [0.15, 0.2) is 0 Å². The summed E-state index contributed by atoms with van der Waals surface area (Å²) in [5.41, 5.74) is 5.39. The zero-order valence-corrected chi connectivity index (χ0v) is 11.1. The standard InChI is InChI=1S/C12H25N3O2/c1-4-6-7-10(5-2)12(16)14-9(3)8-11(13)15-17/h9-10,17H,4-8H2,1-3H3,(H2,13,15)(H,14,16). The highest BCUT2D eigenvalue weighted by Gasteiger charge is 2.17. The SMILES string of the molecule is CCCCC(CC)C(=O)NC(C)CC(N)=NO. The molecule has 4 N–H and O–H groups in total. The van der Waals surface area contributed by atoms with Crippen LogP contribution in [0.3, 0.4) is 0 Å². The average Bonchev–Trinajstić information content (AvgIpc) is 2.29. The monoisotopic (exact) mass is 243 g/mol. The van der Waals surface area contributed by atoms with Crippen LogP contribution in [0.25, 0.3) is 0 Å². The summed E-state index contributed by atoms with van der Waals surface area (Å²) in [6.07, 6.45) is 4.31. The molecule has 2 atom stereocenters. The largest absolute Gasteiger partial charge is 0.409 e. The van der Waals surface area contributed by atoms with E-state index in [0.717, 1.165) is 25.7 Å². The third kappa shape index (κ3) is 6.81. The van der Waals surface area contributed by atoms with Gasteiger partial charge in [-0.3, -0.25) is 4.79 Å². The second-order valence-electron chi connectivity index (χ2n) is 4.45. The Hall–Kier alpha value is -1.26. The number of carbonyl (C=O) groups excluding carboxylic acids is 1. The second kappa shape index (κ2) is 8.84.